The Labute approximate surface area is 138 Å². The maximum absolute atomic E-state index is 13.2. The Balaban J connectivity index is 1.71. The van der Waals surface area contributed by atoms with E-state index in [-0.39, 0.29) is 5.56 Å². The minimum Gasteiger partial charge on any atom is -0.381 e. The second-order valence-electron chi connectivity index (χ2n) is 5.50. The van der Waals surface area contributed by atoms with Crippen molar-refractivity contribution in [1.29, 1.82) is 0 Å². The van der Waals surface area contributed by atoms with Crippen molar-refractivity contribution < 1.29 is 8.78 Å². The van der Waals surface area contributed by atoms with Gasteiger partial charge in [-0.1, -0.05) is 18.2 Å². The van der Waals surface area contributed by atoms with E-state index in [4.69, 9.17) is 0 Å². The van der Waals surface area contributed by atoms with E-state index < -0.39 is 11.6 Å². The van der Waals surface area contributed by atoms with Crippen LogP contribution in [0, 0.1) is 11.6 Å². The van der Waals surface area contributed by atoms with Gasteiger partial charge in [-0.15, -0.1) is 0 Å². The first-order chi connectivity index (χ1) is 11.6. The van der Waals surface area contributed by atoms with Crippen LogP contribution in [0.1, 0.15) is 11.1 Å². The van der Waals surface area contributed by atoms with Crippen molar-refractivity contribution in [3.63, 3.8) is 0 Å². The van der Waals surface area contributed by atoms with Crippen LogP contribution >= 0.6 is 0 Å². The van der Waals surface area contributed by atoms with Crippen LogP contribution in [0.25, 0.3) is 0 Å². The van der Waals surface area contributed by atoms with Crippen molar-refractivity contribution in [3.8, 4) is 0 Å². The van der Waals surface area contributed by atoms with E-state index in [2.05, 4.69) is 5.32 Å². The molecular formula is C19H16F2N2O. The molecule has 1 N–H and O–H groups in total. The summed E-state index contributed by atoms with van der Waals surface area (Å²) >= 11 is 0. The third-order valence-corrected chi connectivity index (χ3v) is 3.60. The van der Waals surface area contributed by atoms with Gasteiger partial charge in [-0.25, -0.2) is 8.78 Å². The number of benzene rings is 2. The van der Waals surface area contributed by atoms with Crippen molar-refractivity contribution in [1.82, 2.24) is 4.57 Å². The molecule has 3 rings (SSSR count). The van der Waals surface area contributed by atoms with Gasteiger partial charge in [0.2, 0.25) is 0 Å². The van der Waals surface area contributed by atoms with Crippen molar-refractivity contribution in [2.45, 2.75) is 13.1 Å². The second-order valence-corrected chi connectivity index (χ2v) is 5.50. The number of hydrogen-bond donors (Lipinski definition) is 1. The summed E-state index contributed by atoms with van der Waals surface area (Å²) in [4.78, 5) is 11.8. The molecule has 0 unspecified atom stereocenters. The average molecular weight is 326 g/mol. The number of halogens is 2. The molecule has 5 heteroatoms. The van der Waals surface area contributed by atoms with Gasteiger partial charge in [-0.2, -0.15) is 0 Å². The number of nitrogens with zero attached hydrogens (tertiary/aromatic N) is 1. The Morgan fingerprint density at radius 2 is 1.67 bits per heavy atom. The van der Waals surface area contributed by atoms with Gasteiger partial charge < -0.3 is 9.88 Å². The number of aromatic nitrogens is 1. The van der Waals surface area contributed by atoms with Gasteiger partial charge in [0, 0.05) is 30.6 Å². The van der Waals surface area contributed by atoms with Crippen molar-refractivity contribution in [2.24, 2.45) is 0 Å². The van der Waals surface area contributed by atoms with Gasteiger partial charge >= 0.3 is 0 Å². The predicted molar refractivity (Wildman–Crippen MR) is 89.9 cm³/mol. The molecule has 0 aliphatic carbocycles. The summed E-state index contributed by atoms with van der Waals surface area (Å²) < 4.78 is 28.0. The molecule has 0 bridgehead atoms. The minimum absolute atomic E-state index is 0.0638. The highest BCUT2D eigenvalue weighted by Crippen LogP contribution is 2.14. The van der Waals surface area contributed by atoms with Gasteiger partial charge in [0.15, 0.2) is 0 Å². The molecule has 0 atom stereocenters. The zero-order chi connectivity index (χ0) is 16.9. The third kappa shape index (κ3) is 4.07. The molecule has 3 aromatic rings. The van der Waals surface area contributed by atoms with Crippen molar-refractivity contribution in [2.75, 3.05) is 5.32 Å². The maximum Gasteiger partial charge on any atom is 0.250 e. The molecule has 3 nitrogen and oxygen atoms in total. The molecule has 0 aliphatic rings. The minimum atomic E-state index is -0.594. The van der Waals surface area contributed by atoms with Crippen LogP contribution in [-0.2, 0) is 13.1 Å². The summed E-state index contributed by atoms with van der Waals surface area (Å²) in [6.45, 7) is 0.771. The van der Waals surface area contributed by atoms with Gasteiger partial charge in [0.1, 0.15) is 11.6 Å². The first-order valence-corrected chi connectivity index (χ1v) is 7.53. The first kappa shape index (κ1) is 15.9. The van der Waals surface area contributed by atoms with E-state index in [9.17, 15) is 13.6 Å². The van der Waals surface area contributed by atoms with E-state index in [1.165, 1.54) is 18.2 Å². The molecule has 0 saturated heterocycles. The van der Waals surface area contributed by atoms with Gasteiger partial charge in [0.05, 0.1) is 6.54 Å². The first-order valence-electron chi connectivity index (χ1n) is 7.53. The van der Waals surface area contributed by atoms with Gasteiger partial charge in [0.25, 0.3) is 5.56 Å². The molecule has 0 spiro atoms. The monoisotopic (exact) mass is 326 g/mol. The molecule has 0 saturated carbocycles. The van der Waals surface area contributed by atoms with E-state index >= 15 is 0 Å². The molecule has 0 fully saturated rings. The normalized spacial score (nSPS) is 10.6. The largest absolute Gasteiger partial charge is 0.381 e. The molecule has 0 amide bonds. The summed E-state index contributed by atoms with van der Waals surface area (Å²) in [5.41, 5.74) is 2.24. The Morgan fingerprint density at radius 3 is 2.42 bits per heavy atom. The predicted octanol–water partition coefficient (Wildman–Crippen LogP) is 3.79. The lowest BCUT2D eigenvalue weighted by Gasteiger charge is -2.10. The summed E-state index contributed by atoms with van der Waals surface area (Å²) in [6.07, 6.45) is 1.73. The Bertz CT molecular complexity index is 885. The summed E-state index contributed by atoms with van der Waals surface area (Å²) in [5, 5.41) is 3.14. The highest BCUT2D eigenvalue weighted by Gasteiger charge is 2.02. The van der Waals surface area contributed by atoms with Gasteiger partial charge in [-0.05, 0) is 41.5 Å². The van der Waals surface area contributed by atoms with Crippen LogP contribution in [0.4, 0.5) is 14.5 Å². The lowest BCUT2D eigenvalue weighted by molar-refractivity contribution is 0.580. The molecule has 1 heterocycles. The third-order valence-electron chi connectivity index (χ3n) is 3.60. The topological polar surface area (TPSA) is 34.0 Å². The zero-order valence-electron chi connectivity index (χ0n) is 12.9. The van der Waals surface area contributed by atoms with Gasteiger partial charge in [-0.3, -0.25) is 4.79 Å². The quantitative estimate of drug-likeness (QED) is 0.774. The Morgan fingerprint density at radius 1 is 0.875 bits per heavy atom. The number of pyridine rings is 1. The van der Waals surface area contributed by atoms with E-state index in [1.54, 1.807) is 16.8 Å². The van der Waals surface area contributed by atoms with Crippen LogP contribution in [0.2, 0.25) is 0 Å². The van der Waals surface area contributed by atoms with Crippen LogP contribution < -0.4 is 10.9 Å². The highest BCUT2D eigenvalue weighted by molar-refractivity contribution is 5.46. The highest BCUT2D eigenvalue weighted by atomic mass is 19.1. The molecule has 2 aromatic carbocycles. The van der Waals surface area contributed by atoms with Crippen molar-refractivity contribution >= 4 is 5.69 Å². The molecule has 24 heavy (non-hydrogen) atoms. The Kier molecular flexibility index (Phi) is 4.70. The van der Waals surface area contributed by atoms with E-state index in [0.717, 1.165) is 17.3 Å². The number of hydrogen-bond acceptors (Lipinski definition) is 2. The lowest BCUT2D eigenvalue weighted by Crippen LogP contribution is -2.18. The lowest BCUT2D eigenvalue weighted by atomic mass is 10.1. The summed E-state index contributed by atoms with van der Waals surface area (Å²) in [5.74, 6) is -1.19. The fourth-order valence-corrected chi connectivity index (χ4v) is 2.48. The number of nitrogens with one attached hydrogen (secondary N) is 1. The number of rotatable bonds is 5. The smallest absolute Gasteiger partial charge is 0.250 e. The maximum atomic E-state index is 13.2. The standard InChI is InChI=1S/C19H16F2N2O/c20-16-8-15(9-17(21)11-16)12-22-18-5-3-4-14(10-18)13-23-7-2-1-6-19(23)24/h1-11,22H,12-13H2. The Hall–Kier alpha value is -2.95. The van der Waals surface area contributed by atoms with E-state index in [0.29, 0.717) is 18.7 Å². The van der Waals surface area contributed by atoms with Crippen LogP contribution in [0.15, 0.2) is 71.7 Å². The zero-order valence-corrected chi connectivity index (χ0v) is 12.9. The van der Waals surface area contributed by atoms with Crippen LogP contribution in [0.3, 0.4) is 0 Å². The second kappa shape index (κ2) is 7.08. The molecule has 0 aliphatic heterocycles. The SMILES string of the molecule is O=c1ccccn1Cc1cccc(NCc2cc(F)cc(F)c2)c1. The molecular weight excluding hydrogens is 310 g/mol. The fraction of sp³-hybridized carbons (Fsp3) is 0.105. The number of anilines is 1. The summed E-state index contributed by atoms with van der Waals surface area (Å²) in [7, 11) is 0. The van der Waals surface area contributed by atoms with Crippen molar-refractivity contribution in [3.05, 3.63) is 100.0 Å². The van der Waals surface area contributed by atoms with Crippen LogP contribution in [0.5, 0.6) is 0 Å². The van der Waals surface area contributed by atoms with Crippen LogP contribution in [-0.4, -0.2) is 4.57 Å². The summed E-state index contributed by atoms with van der Waals surface area (Å²) in [6, 6.07) is 16.0. The average Bonchev–Trinajstić information content (AvgIpc) is 2.55. The molecule has 0 radical (unpaired) electrons. The fourth-order valence-electron chi connectivity index (χ4n) is 2.48. The van der Waals surface area contributed by atoms with E-state index in [1.807, 2.05) is 30.3 Å². The molecule has 1 aromatic heterocycles. The molecule has 122 valence electrons.